The van der Waals surface area contributed by atoms with Gasteiger partial charge in [0.05, 0.1) is 13.5 Å². The molecule has 6 nitrogen and oxygen atoms in total. The fraction of sp³-hybridized carbons (Fsp3) is 0.500. The van der Waals surface area contributed by atoms with Gasteiger partial charge in [0.2, 0.25) is 5.91 Å². The average molecular weight is 360 g/mol. The first-order chi connectivity index (χ1) is 12.2. The van der Waals surface area contributed by atoms with E-state index in [0.29, 0.717) is 31.9 Å². The zero-order valence-electron chi connectivity index (χ0n) is 16.1. The van der Waals surface area contributed by atoms with E-state index in [-0.39, 0.29) is 18.4 Å². The van der Waals surface area contributed by atoms with E-state index in [9.17, 15) is 9.59 Å². The van der Waals surface area contributed by atoms with Crippen molar-refractivity contribution in [2.45, 2.75) is 32.8 Å². The lowest BCUT2D eigenvalue weighted by molar-refractivity contribution is -0.132. The maximum absolute atomic E-state index is 12.7. The van der Waals surface area contributed by atoms with Gasteiger partial charge in [-0.25, -0.2) is 4.79 Å². The number of ether oxygens (including phenoxy) is 2. The fourth-order valence-corrected chi connectivity index (χ4v) is 2.80. The summed E-state index contributed by atoms with van der Waals surface area (Å²) in [5.74, 6) is 0.713. The van der Waals surface area contributed by atoms with Crippen LogP contribution in [0.2, 0.25) is 0 Å². The molecular formula is C20H28N2O4. The van der Waals surface area contributed by atoms with Crippen LogP contribution in [0.15, 0.2) is 24.8 Å². The molecule has 1 heterocycles. The largest absolute Gasteiger partial charge is 0.496 e. The van der Waals surface area contributed by atoms with Crippen LogP contribution >= 0.6 is 0 Å². The number of carbonyl (C=O) groups is 2. The van der Waals surface area contributed by atoms with Gasteiger partial charge < -0.3 is 19.3 Å². The van der Waals surface area contributed by atoms with Gasteiger partial charge in [0.25, 0.3) is 0 Å². The van der Waals surface area contributed by atoms with Crippen molar-refractivity contribution in [3.8, 4) is 5.75 Å². The second kappa shape index (κ2) is 8.25. The van der Waals surface area contributed by atoms with E-state index in [1.807, 2.05) is 39.0 Å². The molecule has 0 saturated carbocycles. The predicted octanol–water partition coefficient (Wildman–Crippen LogP) is 2.96. The van der Waals surface area contributed by atoms with Crippen molar-refractivity contribution < 1.29 is 19.1 Å². The fourth-order valence-electron chi connectivity index (χ4n) is 2.80. The van der Waals surface area contributed by atoms with Crippen molar-refractivity contribution in [1.82, 2.24) is 9.80 Å². The van der Waals surface area contributed by atoms with E-state index in [4.69, 9.17) is 9.47 Å². The molecule has 0 aromatic heterocycles. The van der Waals surface area contributed by atoms with Crippen LogP contribution in [0.3, 0.4) is 0 Å². The van der Waals surface area contributed by atoms with Gasteiger partial charge in [-0.2, -0.15) is 0 Å². The summed E-state index contributed by atoms with van der Waals surface area (Å²) in [5, 5.41) is 0. The summed E-state index contributed by atoms with van der Waals surface area (Å²) < 4.78 is 10.7. The van der Waals surface area contributed by atoms with E-state index in [0.717, 1.165) is 11.1 Å². The van der Waals surface area contributed by atoms with Gasteiger partial charge in [0, 0.05) is 31.7 Å². The highest BCUT2D eigenvalue weighted by Gasteiger charge is 2.27. The van der Waals surface area contributed by atoms with Crippen LogP contribution in [0.1, 0.15) is 31.9 Å². The molecule has 1 aromatic carbocycles. The first-order valence-corrected chi connectivity index (χ1v) is 8.78. The van der Waals surface area contributed by atoms with E-state index < -0.39 is 5.60 Å². The monoisotopic (exact) mass is 360 g/mol. The van der Waals surface area contributed by atoms with Gasteiger partial charge >= 0.3 is 6.09 Å². The van der Waals surface area contributed by atoms with Gasteiger partial charge in [-0.3, -0.25) is 4.79 Å². The number of benzene rings is 1. The zero-order valence-corrected chi connectivity index (χ0v) is 16.1. The van der Waals surface area contributed by atoms with Gasteiger partial charge in [-0.05, 0) is 38.5 Å². The molecule has 0 aliphatic carbocycles. The summed E-state index contributed by atoms with van der Waals surface area (Å²) in [6, 6.07) is 5.67. The maximum Gasteiger partial charge on any atom is 0.410 e. The highest BCUT2D eigenvalue weighted by molar-refractivity contribution is 5.80. The highest BCUT2D eigenvalue weighted by Crippen LogP contribution is 2.22. The minimum atomic E-state index is -0.517. The van der Waals surface area contributed by atoms with Crippen LogP contribution in [0.4, 0.5) is 4.79 Å². The van der Waals surface area contributed by atoms with Crippen molar-refractivity contribution in [3.63, 3.8) is 0 Å². The van der Waals surface area contributed by atoms with E-state index in [1.165, 1.54) is 0 Å². The van der Waals surface area contributed by atoms with E-state index in [1.54, 1.807) is 23.0 Å². The van der Waals surface area contributed by atoms with Gasteiger partial charge in [-0.1, -0.05) is 18.7 Å². The summed E-state index contributed by atoms with van der Waals surface area (Å²) in [6.45, 7) is 11.2. The zero-order chi connectivity index (χ0) is 19.3. The third-order valence-corrected chi connectivity index (χ3v) is 4.17. The molecule has 0 N–H and O–H groups in total. The van der Waals surface area contributed by atoms with Gasteiger partial charge in [-0.15, -0.1) is 0 Å². The third kappa shape index (κ3) is 5.25. The number of hydrogen-bond acceptors (Lipinski definition) is 4. The lowest BCUT2D eigenvalue weighted by atomic mass is 10.1. The molecule has 6 heteroatoms. The number of hydrogen-bond donors (Lipinski definition) is 0. The van der Waals surface area contributed by atoms with Gasteiger partial charge in [0.1, 0.15) is 11.4 Å². The molecule has 2 rings (SSSR count). The first kappa shape index (κ1) is 19.8. The van der Waals surface area contributed by atoms with Crippen LogP contribution in [0.5, 0.6) is 5.75 Å². The second-order valence-corrected chi connectivity index (χ2v) is 7.30. The quantitative estimate of drug-likeness (QED) is 0.828. The van der Waals surface area contributed by atoms with Crippen molar-refractivity contribution in [2.24, 2.45) is 0 Å². The standard InChI is InChI=1S/C20H28N2O4/c1-6-15-7-8-17(25-5)16(13-15)14-18(23)21-9-11-22(12-10-21)19(24)26-20(2,3)4/h6-8,13H,1,9-12,14H2,2-5H3. The molecule has 0 bridgehead atoms. The number of nitrogens with zero attached hydrogens (tertiary/aromatic N) is 2. The van der Waals surface area contributed by atoms with E-state index >= 15 is 0 Å². The molecular weight excluding hydrogens is 332 g/mol. The summed E-state index contributed by atoms with van der Waals surface area (Å²) in [6.07, 6.45) is 1.68. The Labute approximate surface area is 155 Å². The Morgan fingerprint density at radius 3 is 2.31 bits per heavy atom. The molecule has 1 saturated heterocycles. The molecule has 142 valence electrons. The van der Waals surface area contributed by atoms with Gasteiger partial charge in [0.15, 0.2) is 0 Å². The Hall–Kier alpha value is -2.50. The minimum absolute atomic E-state index is 0.0216. The molecule has 0 spiro atoms. The first-order valence-electron chi connectivity index (χ1n) is 8.78. The number of amides is 2. The number of rotatable bonds is 4. The normalized spacial score (nSPS) is 14.8. The van der Waals surface area contributed by atoms with Crippen LogP contribution in [0.25, 0.3) is 6.08 Å². The molecule has 0 unspecified atom stereocenters. The number of piperazine rings is 1. The van der Waals surface area contributed by atoms with Crippen LogP contribution in [-0.4, -0.2) is 60.7 Å². The van der Waals surface area contributed by atoms with Crippen molar-refractivity contribution in [1.29, 1.82) is 0 Å². The molecule has 1 fully saturated rings. The highest BCUT2D eigenvalue weighted by atomic mass is 16.6. The number of methoxy groups -OCH3 is 1. The molecule has 1 aliphatic rings. The average Bonchev–Trinajstić information content (AvgIpc) is 2.60. The number of carbonyl (C=O) groups excluding carboxylic acids is 2. The Morgan fingerprint density at radius 1 is 1.15 bits per heavy atom. The summed E-state index contributed by atoms with van der Waals surface area (Å²) in [5.41, 5.74) is 1.27. The molecule has 1 aliphatic heterocycles. The molecule has 2 amide bonds. The Balaban J connectivity index is 1.95. The van der Waals surface area contributed by atoms with Crippen molar-refractivity contribution >= 4 is 18.1 Å². The molecule has 0 radical (unpaired) electrons. The molecule has 0 atom stereocenters. The summed E-state index contributed by atoms with van der Waals surface area (Å²) in [7, 11) is 1.59. The maximum atomic E-state index is 12.7. The molecule has 1 aromatic rings. The van der Waals surface area contributed by atoms with Crippen LogP contribution in [0, 0.1) is 0 Å². The van der Waals surface area contributed by atoms with Crippen LogP contribution in [-0.2, 0) is 16.0 Å². The SMILES string of the molecule is C=Cc1ccc(OC)c(CC(=O)N2CCN(C(=O)OC(C)(C)C)CC2)c1. The van der Waals surface area contributed by atoms with Crippen molar-refractivity contribution in [2.75, 3.05) is 33.3 Å². The lowest BCUT2D eigenvalue weighted by Crippen LogP contribution is -2.52. The summed E-state index contributed by atoms with van der Waals surface area (Å²) >= 11 is 0. The summed E-state index contributed by atoms with van der Waals surface area (Å²) in [4.78, 5) is 28.2. The van der Waals surface area contributed by atoms with E-state index in [2.05, 4.69) is 6.58 Å². The van der Waals surface area contributed by atoms with Crippen LogP contribution < -0.4 is 4.74 Å². The Kier molecular flexibility index (Phi) is 6.29. The Bertz CT molecular complexity index is 671. The minimum Gasteiger partial charge on any atom is -0.496 e. The smallest absolute Gasteiger partial charge is 0.410 e. The lowest BCUT2D eigenvalue weighted by Gasteiger charge is -2.35. The third-order valence-electron chi connectivity index (χ3n) is 4.17. The second-order valence-electron chi connectivity index (χ2n) is 7.30. The topological polar surface area (TPSA) is 59.1 Å². The van der Waals surface area contributed by atoms with Crippen molar-refractivity contribution in [3.05, 3.63) is 35.9 Å². The Morgan fingerprint density at radius 2 is 1.77 bits per heavy atom. The molecule has 26 heavy (non-hydrogen) atoms. The predicted molar refractivity (Wildman–Crippen MR) is 101 cm³/mol.